The van der Waals surface area contributed by atoms with Crippen LogP contribution in [0.3, 0.4) is 0 Å². The Labute approximate surface area is 218 Å². The van der Waals surface area contributed by atoms with E-state index in [1.807, 2.05) is 0 Å². The zero-order chi connectivity index (χ0) is 25.4. The van der Waals surface area contributed by atoms with E-state index < -0.39 is 27.0 Å². The molecule has 13 heteroatoms. The topological polar surface area (TPSA) is 93.6 Å². The number of nitrogens with zero attached hydrogens (tertiary/aromatic N) is 4. The molecule has 194 valence electrons. The maximum Gasteiger partial charge on any atom is 0.446 e. The number of hydrogen-bond acceptors (Lipinski definition) is 8. The molecule has 1 aliphatic rings. The van der Waals surface area contributed by atoms with Crippen LogP contribution in [-0.4, -0.2) is 52.8 Å². The van der Waals surface area contributed by atoms with E-state index in [1.54, 1.807) is 18.2 Å². The predicted octanol–water partition coefficient (Wildman–Crippen LogP) is 5.91. The Balaban J connectivity index is 1.66. The summed E-state index contributed by atoms with van der Waals surface area (Å²) in [5, 5.41) is 16.2. The van der Waals surface area contributed by atoms with Gasteiger partial charge in [0.05, 0.1) is 6.20 Å². The lowest BCUT2D eigenvalue weighted by Gasteiger charge is -2.30. The van der Waals surface area contributed by atoms with E-state index in [-0.39, 0.29) is 34.8 Å². The van der Waals surface area contributed by atoms with Crippen molar-refractivity contribution in [3.8, 4) is 0 Å². The normalized spacial score (nSPS) is 18.5. The zero-order valence-corrected chi connectivity index (χ0v) is 22.5. The highest BCUT2D eigenvalue weighted by Crippen LogP contribution is 2.38. The second-order valence-corrected chi connectivity index (χ2v) is 11.2. The molecule has 3 N–H and O–H groups in total. The van der Waals surface area contributed by atoms with Crippen LogP contribution in [0.1, 0.15) is 31.2 Å². The van der Waals surface area contributed by atoms with Gasteiger partial charge < -0.3 is 15.5 Å². The number of benzene rings is 1. The molecule has 0 atom stereocenters. The average molecular weight is 626 g/mol. The lowest BCUT2D eigenvalue weighted by Crippen LogP contribution is -2.28. The minimum atomic E-state index is -4.39. The van der Waals surface area contributed by atoms with E-state index in [4.69, 9.17) is 0 Å². The van der Waals surface area contributed by atoms with Gasteiger partial charge >= 0.3 is 5.51 Å². The summed E-state index contributed by atoms with van der Waals surface area (Å²) in [4.78, 5) is 10.9. The Kier molecular flexibility index (Phi) is 10.4. The van der Waals surface area contributed by atoms with Gasteiger partial charge in [0.15, 0.2) is 5.82 Å². The van der Waals surface area contributed by atoms with Crippen molar-refractivity contribution in [1.29, 1.82) is 0 Å². The van der Waals surface area contributed by atoms with Gasteiger partial charge in [0.25, 0.3) is 21.5 Å². The Morgan fingerprint density at radius 3 is 2.49 bits per heavy atom. The van der Waals surface area contributed by atoms with Gasteiger partial charge in [-0.2, -0.15) is 21.4 Å². The standard InChI is InChI=1S/C22H30F3IN6O2S/c1-31(2)14-16-9-7-15(8-10-16)11-27-20-18(32(34)26-33)13-29-21(30-20)28-12-17-5-3-4-6-19(17)35-22(23,24)25/h3-6,13,15-16,34H,7-12,14H2,1-2H3,(H2,27,28,29,30). The van der Waals surface area contributed by atoms with Crippen molar-refractivity contribution >= 4 is 50.7 Å². The molecule has 1 aromatic heterocycles. The third-order valence-corrected chi connectivity index (χ3v) is 7.56. The molecular weight excluding hydrogens is 596 g/mol. The zero-order valence-electron chi connectivity index (χ0n) is 19.6. The minimum Gasteiger partial charge on any atom is -0.368 e. The molecule has 0 bridgehead atoms. The van der Waals surface area contributed by atoms with E-state index in [2.05, 4.69) is 39.6 Å². The van der Waals surface area contributed by atoms with Crippen LogP contribution in [0.15, 0.2) is 35.4 Å². The van der Waals surface area contributed by atoms with Gasteiger partial charge in [-0.25, -0.2) is 8.05 Å². The smallest absolute Gasteiger partial charge is 0.368 e. The van der Waals surface area contributed by atoms with Crippen molar-refractivity contribution in [2.24, 2.45) is 11.8 Å². The summed E-state index contributed by atoms with van der Waals surface area (Å²) in [6, 6.07) is 6.25. The van der Waals surface area contributed by atoms with Crippen LogP contribution in [0.4, 0.5) is 30.6 Å². The molecule has 35 heavy (non-hydrogen) atoms. The molecule has 8 nitrogen and oxygen atoms in total. The summed E-state index contributed by atoms with van der Waals surface area (Å²) in [5.41, 5.74) is -3.73. The van der Waals surface area contributed by atoms with E-state index in [0.717, 1.165) is 32.2 Å². The first kappa shape index (κ1) is 27.9. The fraction of sp³-hybridized carbons (Fsp3) is 0.545. The summed E-state index contributed by atoms with van der Waals surface area (Å²) in [7, 11) is 4.17. The maximum atomic E-state index is 12.9. The number of aromatic nitrogens is 2. The van der Waals surface area contributed by atoms with Gasteiger partial charge in [-0.3, -0.25) is 5.21 Å². The third kappa shape index (κ3) is 9.03. The van der Waals surface area contributed by atoms with Crippen LogP contribution in [0.2, 0.25) is 0 Å². The quantitative estimate of drug-likeness (QED) is 0.122. The van der Waals surface area contributed by atoms with Crippen LogP contribution in [0.25, 0.3) is 0 Å². The number of hydrogen-bond donors (Lipinski definition) is 3. The second kappa shape index (κ2) is 13.0. The molecule has 0 aliphatic heterocycles. The summed E-state index contributed by atoms with van der Waals surface area (Å²) in [6.07, 6.45) is 5.83. The summed E-state index contributed by atoms with van der Waals surface area (Å²) < 4.78 is 50.6. The van der Waals surface area contributed by atoms with E-state index >= 15 is 0 Å². The molecule has 0 spiro atoms. The molecule has 0 unspecified atom stereocenters. The predicted molar refractivity (Wildman–Crippen MR) is 139 cm³/mol. The lowest BCUT2D eigenvalue weighted by molar-refractivity contribution is -0.0328. The summed E-state index contributed by atoms with van der Waals surface area (Å²) in [6.45, 7) is 1.82. The minimum absolute atomic E-state index is 0.0885. The van der Waals surface area contributed by atoms with Gasteiger partial charge in [0, 0.05) is 24.5 Å². The van der Waals surface area contributed by atoms with Gasteiger partial charge in [-0.15, -0.1) is 0 Å². The van der Waals surface area contributed by atoms with Gasteiger partial charge in [-0.1, -0.05) is 18.2 Å². The lowest BCUT2D eigenvalue weighted by atomic mass is 9.82. The van der Waals surface area contributed by atoms with Crippen molar-refractivity contribution in [3.63, 3.8) is 0 Å². The Hall–Kier alpha value is -1.71. The van der Waals surface area contributed by atoms with E-state index in [9.17, 15) is 21.4 Å². The Morgan fingerprint density at radius 2 is 1.83 bits per heavy atom. The first-order valence-electron chi connectivity index (χ1n) is 11.2. The second-order valence-electron chi connectivity index (χ2n) is 8.80. The fourth-order valence-corrected chi connectivity index (χ4v) is 5.42. The third-order valence-electron chi connectivity index (χ3n) is 5.82. The van der Waals surface area contributed by atoms with Crippen molar-refractivity contribution in [3.05, 3.63) is 36.0 Å². The highest BCUT2D eigenvalue weighted by atomic mass is 127. The SMILES string of the molecule is CN(C)CC1CCC(CNc2nc(NCc3ccccc3SC(F)(F)F)ncc2N(O)I=O)CC1. The largest absolute Gasteiger partial charge is 0.446 e. The summed E-state index contributed by atoms with van der Waals surface area (Å²) in [5.74, 6) is 1.67. The molecule has 1 saturated carbocycles. The van der Waals surface area contributed by atoms with E-state index in [1.165, 1.54) is 12.3 Å². The number of thioether (sulfide) groups is 1. The average Bonchev–Trinajstić information content (AvgIpc) is 2.81. The molecule has 1 aliphatic carbocycles. The van der Waals surface area contributed by atoms with Crippen molar-refractivity contribution in [2.75, 3.05) is 41.1 Å². The number of rotatable bonds is 11. The van der Waals surface area contributed by atoms with Crippen LogP contribution in [0.5, 0.6) is 0 Å². The highest BCUT2D eigenvalue weighted by Gasteiger charge is 2.30. The molecule has 1 heterocycles. The van der Waals surface area contributed by atoms with E-state index in [0.29, 0.717) is 33.0 Å². The van der Waals surface area contributed by atoms with Crippen molar-refractivity contribution in [2.45, 2.75) is 42.6 Å². The fourth-order valence-electron chi connectivity index (χ4n) is 4.19. The molecule has 3 rings (SSSR count). The van der Waals surface area contributed by atoms with Gasteiger partial charge in [0.1, 0.15) is 5.69 Å². The first-order chi connectivity index (χ1) is 16.6. The monoisotopic (exact) mass is 626 g/mol. The van der Waals surface area contributed by atoms with Crippen LogP contribution < -0.4 is 13.9 Å². The van der Waals surface area contributed by atoms with Crippen molar-refractivity contribution in [1.82, 2.24) is 14.9 Å². The van der Waals surface area contributed by atoms with Crippen LogP contribution in [-0.2, 0) is 9.61 Å². The van der Waals surface area contributed by atoms with Crippen LogP contribution in [0, 0.1) is 11.8 Å². The number of nitrogens with one attached hydrogen (secondary N) is 2. The molecule has 1 fully saturated rings. The van der Waals surface area contributed by atoms with Gasteiger partial charge in [0.2, 0.25) is 5.95 Å². The summed E-state index contributed by atoms with van der Waals surface area (Å²) >= 11 is -2.05. The number of alkyl halides is 3. The highest BCUT2D eigenvalue weighted by molar-refractivity contribution is 14.1. The Bertz CT molecular complexity index is 976. The van der Waals surface area contributed by atoms with Crippen molar-refractivity contribution < 1.29 is 21.4 Å². The molecule has 0 amide bonds. The Morgan fingerprint density at radius 1 is 1.14 bits per heavy atom. The first-order valence-corrected chi connectivity index (χ1v) is 13.9. The molecule has 0 saturated heterocycles. The molecule has 0 radical (unpaired) electrons. The molecular formula is C22H30F3IN6O2S. The number of halogens is 4. The van der Waals surface area contributed by atoms with Gasteiger partial charge in [-0.05, 0) is 75.0 Å². The maximum absolute atomic E-state index is 12.9. The van der Waals surface area contributed by atoms with Crippen LogP contribution >= 0.6 is 33.2 Å². The number of anilines is 3. The molecule has 2 aromatic rings. The molecule has 1 aromatic carbocycles.